The maximum atomic E-state index is 13.6. The van der Waals surface area contributed by atoms with Gasteiger partial charge < -0.3 is 4.74 Å². The molecule has 0 aliphatic carbocycles. The van der Waals surface area contributed by atoms with Crippen molar-refractivity contribution in [3.8, 4) is 0 Å². The molecule has 2 aromatic carbocycles. The van der Waals surface area contributed by atoms with E-state index >= 15 is 0 Å². The van der Waals surface area contributed by atoms with Crippen molar-refractivity contribution in [3.63, 3.8) is 0 Å². The third-order valence-corrected chi connectivity index (χ3v) is 5.76. The molecule has 3 aromatic rings. The van der Waals surface area contributed by atoms with Gasteiger partial charge in [-0.05, 0) is 43.2 Å². The van der Waals surface area contributed by atoms with Crippen molar-refractivity contribution >= 4 is 44.2 Å². The highest BCUT2D eigenvalue weighted by molar-refractivity contribution is 7.22. The number of benzene rings is 2. The van der Waals surface area contributed by atoms with Crippen molar-refractivity contribution < 1.29 is 18.3 Å². The Morgan fingerprint density at radius 1 is 1.30 bits per heavy atom. The number of ether oxygens (including phenoxy) is 1. The maximum absolute atomic E-state index is 13.6. The first-order valence-corrected chi connectivity index (χ1v) is 9.66. The molecule has 1 saturated heterocycles. The molecule has 8 heteroatoms. The zero-order valence-electron chi connectivity index (χ0n) is 14.1. The Kier molecular flexibility index (Phi) is 5.08. The summed E-state index contributed by atoms with van der Waals surface area (Å²) < 4.78 is 33.4. The first-order valence-electron chi connectivity index (χ1n) is 8.46. The standard InChI is InChI=1S/C19H15ClF2N2O2S/c20-13-4-1-5-16-17(13)23-19(27-16)24(10-12-3-2-8-26-12)18(25)11-6-7-14(21)15(22)9-11/h1,4-7,9,12H,2-3,8,10H2. The van der Waals surface area contributed by atoms with Crippen LogP contribution in [0.4, 0.5) is 13.9 Å². The number of carbonyl (C=O) groups excluding carboxylic acids is 1. The van der Waals surface area contributed by atoms with Gasteiger partial charge in [0, 0.05) is 12.2 Å². The first kappa shape index (κ1) is 18.3. The van der Waals surface area contributed by atoms with Crippen LogP contribution >= 0.6 is 22.9 Å². The SMILES string of the molecule is O=C(c1ccc(F)c(F)c1)N(CC1CCCO1)c1nc2c(Cl)cccc2s1. The second-order valence-electron chi connectivity index (χ2n) is 6.26. The number of anilines is 1. The molecule has 1 atom stereocenters. The van der Waals surface area contributed by atoms with E-state index in [0.29, 0.717) is 22.3 Å². The summed E-state index contributed by atoms with van der Waals surface area (Å²) in [6.07, 6.45) is 1.62. The minimum Gasteiger partial charge on any atom is -0.376 e. The van der Waals surface area contributed by atoms with E-state index in [2.05, 4.69) is 4.98 Å². The molecule has 1 amide bonds. The van der Waals surface area contributed by atoms with Gasteiger partial charge in [0.1, 0.15) is 5.52 Å². The lowest BCUT2D eigenvalue weighted by Gasteiger charge is -2.23. The van der Waals surface area contributed by atoms with E-state index in [1.165, 1.54) is 22.3 Å². The molecule has 4 nitrogen and oxygen atoms in total. The summed E-state index contributed by atoms with van der Waals surface area (Å²) in [6, 6.07) is 8.53. The Balaban J connectivity index is 1.73. The average molecular weight is 409 g/mol. The molecule has 1 aliphatic rings. The van der Waals surface area contributed by atoms with Gasteiger partial charge in [-0.1, -0.05) is 29.0 Å². The molecule has 0 radical (unpaired) electrons. The second kappa shape index (κ2) is 7.50. The third kappa shape index (κ3) is 3.67. The predicted octanol–water partition coefficient (Wildman–Crippen LogP) is 5.05. The largest absolute Gasteiger partial charge is 0.376 e. The quantitative estimate of drug-likeness (QED) is 0.606. The summed E-state index contributed by atoms with van der Waals surface area (Å²) in [7, 11) is 0. The number of thiazole rings is 1. The molecule has 1 unspecified atom stereocenters. The number of para-hydroxylation sites is 1. The van der Waals surface area contributed by atoms with Crippen molar-refractivity contribution in [2.45, 2.75) is 18.9 Å². The highest BCUT2D eigenvalue weighted by atomic mass is 35.5. The van der Waals surface area contributed by atoms with Crippen molar-refractivity contribution in [2.75, 3.05) is 18.1 Å². The monoisotopic (exact) mass is 408 g/mol. The smallest absolute Gasteiger partial charge is 0.260 e. The summed E-state index contributed by atoms with van der Waals surface area (Å²) in [5.74, 6) is -2.52. The van der Waals surface area contributed by atoms with E-state index in [-0.39, 0.29) is 18.2 Å². The summed E-state index contributed by atoms with van der Waals surface area (Å²) in [4.78, 5) is 19.0. The molecule has 140 valence electrons. The molecule has 0 saturated carbocycles. The Hall–Kier alpha value is -2.09. The Morgan fingerprint density at radius 3 is 2.85 bits per heavy atom. The van der Waals surface area contributed by atoms with Gasteiger partial charge in [-0.25, -0.2) is 13.8 Å². The van der Waals surface area contributed by atoms with E-state index in [9.17, 15) is 13.6 Å². The van der Waals surface area contributed by atoms with Gasteiger partial charge in [-0.2, -0.15) is 0 Å². The Labute approximate surface area is 163 Å². The lowest BCUT2D eigenvalue weighted by atomic mass is 10.1. The third-order valence-electron chi connectivity index (χ3n) is 4.41. The van der Waals surface area contributed by atoms with Crippen LogP contribution < -0.4 is 4.90 Å². The minimum atomic E-state index is -1.06. The van der Waals surface area contributed by atoms with Crippen molar-refractivity contribution in [2.24, 2.45) is 0 Å². The zero-order chi connectivity index (χ0) is 19.0. The number of amides is 1. The number of carbonyl (C=O) groups is 1. The van der Waals surface area contributed by atoms with Crippen LogP contribution in [0.25, 0.3) is 10.2 Å². The molecular weight excluding hydrogens is 394 g/mol. The molecule has 1 aliphatic heterocycles. The normalized spacial score (nSPS) is 16.8. The van der Waals surface area contributed by atoms with Gasteiger partial charge in [-0.3, -0.25) is 9.69 Å². The van der Waals surface area contributed by atoms with Gasteiger partial charge in [0.2, 0.25) is 0 Å². The lowest BCUT2D eigenvalue weighted by Crippen LogP contribution is -2.37. The topological polar surface area (TPSA) is 42.4 Å². The van der Waals surface area contributed by atoms with Crippen molar-refractivity contribution in [3.05, 3.63) is 58.6 Å². The highest BCUT2D eigenvalue weighted by Gasteiger charge is 2.27. The molecule has 0 N–H and O–H groups in total. The van der Waals surface area contributed by atoms with Gasteiger partial charge in [-0.15, -0.1) is 0 Å². The molecule has 0 spiro atoms. The van der Waals surface area contributed by atoms with E-state index in [0.717, 1.165) is 29.7 Å². The fourth-order valence-corrected chi connectivity index (χ4v) is 4.32. The van der Waals surface area contributed by atoms with Crippen LogP contribution in [0.3, 0.4) is 0 Å². The predicted molar refractivity (Wildman–Crippen MR) is 102 cm³/mol. The first-order chi connectivity index (χ1) is 13.0. The second-order valence-corrected chi connectivity index (χ2v) is 7.68. The zero-order valence-corrected chi connectivity index (χ0v) is 15.7. The van der Waals surface area contributed by atoms with Crippen LogP contribution in [0.15, 0.2) is 36.4 Å². The van der Waals surface area contributed by atoms with E-state index in [1.807, 2.05) is 12.1 Å². The van der Waals surface area contributed by atoms with Gasteiger partial charge in [0.05, 0.1) is 22.4 Å². The van der Waals surface area contributed by atoms with Crippen LogP contribution in [-0.4, -0.2) is 30.1 Å². The molecule has 0 bridgehead atoms. The van der Waals surface area contributed by atoms with E-state index in [4.69, 9.17) is 16.3 Å². The van der Waals surface area contributed by atoms with Crippen LogP contribution in [0, 0.1) is 11.6 Å². The van der Waals surface area contributed by atoms with Crippen molar-refractivity contribution in [1.82, 2.24) is 4.98 Å². The fraction of sp³-hybridized carbons (Fsp3) is 0.263. The molecule has 2 heterocycles. The van der Waals surface area contributed by atoms with E-state index in [1.54, 1.807) is 6.07 Å². The number of rotatable bonds is 4. The maximum Gasteiger partial charge on any atom is 0.260 e. The van der Waals surface area contributed by atoms with Crippen LogP contribution in [-0.2, 0) is 4.74 Å². The Bertz CT molecular complexity index is 1000. The number of hydrogen-bond donors (Lipinski definition) is 0. The lowest BCUT2D eigenvalue weighted by molar-refractivity contribution is 0.0917. The summed E-state index contributed by atoms with van der Waals surface area (Å²) in [5, 5.41) is 0.940. The summed E-state index contributed by atoms with van der Waals surface area (Å²) in [6.45, 7) is 0.929. The number of nitrogens with zero attached hydrogens (tertiary/aromatic N) is 2. The van der Waals surface area contributed by atoms with E-state index < -0.39 is 17.5 Å². The van der Waals surface area contributed by atoms with Gasteiger partial charge in [0.25, 0.3) is 5.91 Å². The molecule has 4 rings (SSSR count). The number of hydrogen-bond acceptors (Lipinski definition) is 4. The summed E-state index contributed by atoms with van der Waals surface area (Å²) >= 11 is 7.52. The highest BCUT2D eigenvalue weighted by Crippen LogP contribution is 2.34. The average Bonchev–Trinajstić information content (AvgIpc) is 3.31. The molecule has 27 heavy (non-hydrogen) atoms. The van der Waals surface area contributed by atoms with Crippen LogP contribution in [0.1, 0.15) is 23.2 Å². The number of aromatic nitrogens is 1. The van der Waals surface area contributed by atoms with Crippen molar-refractivity contribution in [1.29, 1.82) is 0 Å². The molecular formula is C19H15ClF2N2O2S. The minimum absolute atomic E-state index is 0.0530. The van der Waals surface area contributed by atoms with Crippen LogP contribution in [0.2, 0.25) is 5.02 Å². The van der Waals surface area contributed by atoms with Gasteiger partial charge in [0.15, 0.2) is 16.8 Å². The molecule has 1 aromatic heterocycles. The fourth-order valence-electron chi connectivity index (χ4n) is 3.04. The number of halogens is 3. The summed E-state index contributed by atoms with van der Waals surface area (Å²) in [5.41, 5.74) is 0.659. The van der Waals surface area contributed by atoms with Gasteiger partial charge >= 0.3 is 0 Å². The number of fused-ring (bicyclic) bond motifs is 1. The Morgan fingerprint density at radius 2 is 2.15 bits per heavy atom. The van der Waals surface area contributed by atoms with Crippen LogP contribution in [0.5, 0.6) is 0 Å². The molecule has 1 fully saturated rings.